The third-order valence-corrected chi connectivity index (χ3v) is 6.83. The molecule has 2 amide bonds. The van der Waals surface area contributed by atoms with Crippen LogP contribution in [-0.4, -0.2) is 65.8 Å². The van der Waals surface area contributed by atoms with Crippen LogP contribution in [0, 0.1) is 5.92 Å². The maximum absolute atomic E-state index is 13.1. The first-order valence-corrected chi connectivity index (χ1v) is 11.4. The van der Waals surface area contributed by atoms with Crippen molar-refractivity contribution < 1.29 is 9.59 Å². The third kappa shape index (κ3) is 5.25. The Kier molecular flexibility index (Phi) is 6.62. The van der Waals surface area contributed by atoms with Gasteiger partial charge in [0.15, 0.2) is 0 Å². The Morgan fingerprint density at radius 2 is 1.72 bits per heavy atom. The summed E-state index contributed by atoms with van der Waals surface area (Å²) in [5.74, 6) is 0.319. The van der Waals surface area contributed by atoms with E-state index in [0.717, 1.165) is 57.7 Å². The molecule has 2 fully saturated rings. The fourth-order valence-electron chi connectivity index (χ4n) is 4.30. The molecule has 0 radical (unpaired) electrons. The molecule has 2 saturated heterocycles. The average molecular weight is 412 g/mol. The van der Waals surface area contributed by atoms with Gasteiger partial charge in [0.1, 0.15) is 0 Å². The molecule has 2 aliphatic heterocycles. The minimum Gasteiger partial charge on any atom is -0.342 e. The second-order valence-corrected chi connectivity index (χ2v) is 9.05. The minimum absolute atomic E-state index is 0.0488. The zero-order valence-electron chi connectivity index (χ0n) is 16.8. The Balaban J connectivity index is 1.27. The molecule has 0 aliphatic carbocycles. The van der Waals surface area contributed by atoms with Crippen LogP contribution in [0.5, 0.6) is 0 Å². The molecule has 0 saturated carbocycles. The number of piperazine rings is 1. The zero-order valence-corrected chi connectivity index (χ0v) is 17.7. The van der Waals surface area contributed by atoms with Crippen LogP contribution in [0.3, 0.4) is 0 Å². The highest BCUT2D eigenvalue weighted by molar-refractivity contribution is 7.09. The number of carbonyl (C=O) groups is 2. The number of piperidine rings is 1. The number of likely N-dealkylation sites (tertiary alicyclic amines) is 1. The van der Waals surface area contributed by atoms with E-state index in [1.807, 2.05) is 40.1 Å². The monoisotopic (exact) mass is 411 g/mol. The number of hydrogen-bond donors (Lipinski definition) is 0. The summed E-state index contributed by atoms with van der Waals surface area (Å²) >= 11 is 1.79. The van der Waals surface area contributed by atoms with E-state index in [9.17, 15) is 9.59 Å². The van der Waals surface area contributed by atoms with Crippen LogP contribution in [-0.2, 0) is 22.6 Å². The van der Waals surface area contributed by atoms with E-state index in [1.165, 1.54) is 4.88 Å². The smallest absolute Gasteiger partial charge is 0.227 e. The third-order valence-electron chi connectivity index (χ3n) is 5.97. The first-order valence-electron chi connectivity index (χ1n) is 10.5. The molecule has 3 heterocycles. The topological polar surface area (TPSA) is 43.9 Å². The lowest BCUT2D eigenvalue weighted by atomic mass is 9.95. The Bertz CT molecular complexity index is 801. The summed E-state index contributed by atoms with van der Waals surface area (Å²) in [6.45, 7) is 5.74. The molecule has 2 aliphatic rings. The van der Waals surface area contributed by atoms with Gasteiger partial charge in [-0.3, -0.25) is 14.5 Å². The first kappa shape index (κ1) is 20.1. The number of benzene rings is 1. The summed E-state index contributed by atoms with van der Waals surface area (Å²) in [7, 11) is 0. The lowest BCUT2D eigenvalue weighted by molar-refractivity contribution is -0.142. The molecule has 0 N–H and O–H groups in total. The van der Waals surface area contributed by atoms with Crippen molar-refractivity contribution in [3.05, 3.63) is 58.3 Å². The SMILES string of the molecule is O=C(Cc1ccccc1)N1CCCC(C(=O)N2CCN(Cc3cccs3)CC2)C1. The molecular weight excluding hydrogens is 382 g/mol. The number of nitrogens with zero attached hydrogens (tertiary/aromatic N) is 3. The summed E-state index contributed by atoms with van der Waals surface area (Å²) in [6, 6.07) is 14.1. The number of hydrogen-bond acceptors (Lipinski definition) is 4. The summed E-state index contributed by atoms with van der Waals surface area (Å²) in [5, 5.41) is 2.11. The van der Waals surface area contributed by atoms with E-state index in [4.69, 9.17) is 0 Å². The van der Waals surface area contributed by atoms with E-state index in [2.05, 4.69) is 22.4 Å². The molecule has 1 atom stereocenters. The Morgan fingerprint density at radius 3 is 2.45 bits per heavy atom. The van der Waals surface area contributed by atoms with Crippen LogP contribution in [0.4, 0.5) is 0 Å². The van der Waals surface area contributed by atoms with Gasteiger partial charge >= 0.3 is 0 Å². The molecule has 2 aromatic rings. The molecule has 5 nitrogen and oxygen atoms in total. The fourth-order valence-corrected chi connectivity index (χ4v) is 5.04. The molecule has 4 rings (SSSR count). The second-order valence-electron chi connectivity index (χ2n) is 8.02. The zero-order chi connectivity index (χ0) is 20.1. The van der Waals surface area contributed by atoms with Gasteiger partial charge in [0.25, 0.3) is 0 Å². The van der Waals surface area contributed by atoms with Crippen LogP contribution >= 0.6 is 11.3 Å². The first-order chi connectivity index (χ1) is 14.2. The largest absolute Gasteiger partial charge is 0.342 e. The van der Waals surface area contributed by atoms with Crippen molar-refractivity contribution in [3.63, 3.8) is 0 Å². The molecule has 1 unspecified atom stereocenters. The number of amides is 2. The van der Waals surface area contributed by atoms with Gasteiger partial charge in [-0.1, -0.05) is 36.4 Å². The van der Waals surface area contributed by atoms with Gasteiger partial charge in [-0.25, -0.2) is 0 Å². The molecule has 6 heteroatoms. The van der Waals surface area contributed by atoms with E-state index in [1.54, 1.807) is 11.3 Å². The van der Waals surface area contributed by atoms with Gasteiger partial charge in [0.2, 0.25) is 11.8 Å². The van der Waals surface area contributed by atoms with Crippen molar-refractivity contribution in [1.82, 2.24) is 14.7 Å². The number of carbonyl (C=O) groups excluding carboxylic acids is 2. The maximum atomic E-state index is 13.1. The molecule has 1 aromatic heterocycles. The highest BCUT2D eigenvalue weighted by Gasteiger charge is 2.32. The summed E-state index contributed by atoms with van der Waals surface area (Å²) in [4.78, 5) is 33.5. The van der Waals surface area contributed by atoms with E-state index < -0.39 is 0 Å². The lowest BCUT2D eigenvalue weighted by Crippen LogP contribution is -2.52. The number of thiophene rings is 1. The lowest BCUT2D eigenvalue weighted by Gasteiger charge is -2.39. The van der Waals surface area contributed by atoms with Crippen molar-refractivity contribution in [2.24, 2.45) is 5.92 Å². The second kappa shape index (κ2) is 9.55. The Labute approximate surface area is 176 Å². The molecule has 154 valence electrons. The van der Waals surface area contributed by atoms with Gasteiger partial charge in [0.05, 0.1) is 12.3 Å². The predicted octanol–water partition coefficient (Wildman–Crippen LogP) is 2.87. The van der Waals surface area contributed by atoms with Crippen LogP contribution < -0.4 is 0 Å². The van der Waals surface area contributed by atoms with Crippen molar-refractivity contribution in [2.45, 2.75) is 25.8 Å². The van der Waals surface area contributed by atoms with Gasteiger partial charge in [-0.05, 0) is 29.9 Å². The fraction of sp³-hybridized carbons (Fsp3) is 0.478. The van der Waals surface area contributed by atoms with E-state index >= 15 is 0 Å². The van der Waals surface area contributed by atoms with E-state index in [-0.39, 0.29) is 17.7 Å². The Hall–Kier alpha value is -2.18. The molecule has 0 bridgehead atoms. The summed E-state index contributed by atoms with van der Waals surface area (Å²) in [6.07, 6.45) is 2.22. The highest BCUT2D eigenvalue weighted by Crippen LogP contribution is 2.21. The predicted molar refractivity (Wildman–Crippen MR) is 116 cm³/mol. The highest BCUT2D eigenvalue weighted by atomic mass is 32.1. The molecule has 1 aromatic carbocycles. The quantitative estimate of drug-likeness (QED) is 0.760. The summed E-state index contributed by atoms with van der Waals surface area (Å²) < 4.78 is 0. The van der Waals surface area contributed by atoms with Gasteiger partial charge in [-0.2, -0.15) is 0 Å². The van der Waals surface area contributed by atoms with Crippen LogP contribution in [0.15, 0.2) is 47.8 Å². The average Bonchev–Trinajstić information content (AvgIpc) is 3.28. The van der Waals surface area contributed by atoms with Gasteiger partial charge < -0.3 is 9.80 Å². The van der Waals surface area contributed by atoms with Crippen molar-refractivity contribution >= 4 is 23.2 Å². The maximum Gasteiger partial charge on any atom is 0.227 e. The van der Waals surface area contributed by atoms with Crippen LogP contribution in [0.25, 0.3) is 0 Å². The van der Waals surface area contributed by atoms with Crippen LogP contribution in [0.1, 0.15) is 23.3 Å². The normalized spacial score (nSPS) is 20.6. The summed E-state index contributed by atoms with van der Waals surface area (Å²) in [5.41, 5.74) is 1.04. The van der Waals surface area contributed by atoms with Crippen molar-refractivity contribution in [2.75, 3.05) is 39.3 Å². The number of rotatable bonds is 5. The molecular formula is C23H29N3O2S. The van der Waals surface area contributed by atoms with E-state index in [0.29, 0.717) is 13.0 Å². The minimum atomic E-state index is -0.0488. The van der Waals surface area contributed by atoms with Gasteiger partial charge in [-0.15, -0.1) is 11.3 Å². The molecule has 29 heavy (non-hydrogen) atoms. The van der Waals surface area contributed by atoms with Crippen LogP contribution in [0.2, 0.25) is 0 Å². The Morgan fingerprint density at radius 1 is 0.931 bits per heavy atom. The van der Waals surface area contributed by atoms with Crippen molar-refractivity contribution in [1.29, 1.82) is 0 Å². The van der Waals surface area contributed by atoms with Crippen molar-refractivity contribution in [3.8, 4) is 0 Å². The standard InChI is InChI=1S/C23H29N3O2S/c27-22(16-19-6-2-1-3-7-19)26-10-4-8-20(17-26)23(28)25-13-11-24(12-14-25)18-21-9-5-15-29-21/h1-3,5-7,9,15,20H,4,8,10-14,16-18H2. The van der Waals surface area contributed by atoms with Gasteiger partial charge in [0, 0.05) is 50.7 Å². The molecule has 0 spiro atoms.